The lowest BCUT2D eigenvalue weighted by molar-refractivity contribution is 0.305. The molecule has 1 unspecified atom stereocenters. The van der Waals surface area contributed by atoms with Gasteiger partial charge in [-0.3, -0.25) is 0 Å². The van der Waals surface area contributed by atoms with Gasteiger partial charge in [0.2, 0.25) is 0 Å². The summed E-state index contributed by atoms with van der Waals surface area (Å²) < 4.78 is 6.60. The molecule has 1 rings (SSSR count). The van der Waals surface area contributed by atoms with Crippen molar-refractivity contribution in [1.29, 1.82) is 0 Å². The predicted molar refractivity (Wildman–Crippen MR) is 77.0 cm³/mol. The van der Waals surface area contributed by atoms with Gasteiger partial charge in [0.05, 0.1) is 5.02 Å². The van der Waals surface area contributed by atoms with E-state index >= 15 is 0 Å². The van der Waals surface area contributed by atoms with E-state index in [0.717, 1.165) is 16.8 Å². The fraction of sp³-hybridized carbons (Fsp3) is 0.538. The molecule has 0 spiro atoms. The van der Waals surface area contributed by atoms with E-state index in [2.05, 4.69) is 35.1 Å². The Hall–Kier alpha value is -0.250. The molecule has 0 aliphatic carbocycles. The SMILES string of the molecule is CCCC(C)NCCOc1cc(Br)ccc1Cl. The molecule has 0 amide bonds. The molecule has 4 heteroatoms. The summed E-state index contributed by atoms with van der Waals surface area (Å²) in [5.74, 6) is 0.728. The first-order chi connectivity index (χ1) is 8.13. The molecule has 0 bridgehead atoms. The van der Waals surface area contributed by atoms with Gasteiger partial charge in [-0.1, -0.05) is 40.9 Å². The molecule has 17 heavy (non-hydrogen) atoms. The lowest BCUT2D eigenvalue weighted by Gasteiger charge is -2.13. The van der Waals surface area contributed by atoms with Crippen LogP contribution in [0.3, 0.4) is 0 Å². The van der Waals surface area contributed by atoms with Crippen LogP contribution >= 0.6 is 27.5 Å². The van der Waals surface area contributed by atoms with Crippen molar-refractivity contribution in [2.45, 2.75) is 32.7 Å². The van der Waals surface area contributed by atoms with Gasteiger partial charge in [0.1, 0.15) is 12.4 Å². The van der Waals surface area contributed by atoms with Crippen LogP contribution < -0.4 is 10.1 Å². The highest BCUT2D eigenvalue weighted by Crippen LogP contribution is 2.27. The maximum atomic E-state index is 6.02. The van der Waals surface area contributed by atoms with Gasteiger partial charge in [-0.15, -0.1) is 0 Å². The summed E-state index contributed by atoms with van der Waals surface area (Å²) in [6.45, 7) is 5.85. The summed E-state index contributed by atoms with van der Waals surface area (Å²) in [6, 6.07) is 6.16. The molecular formula is C13H19BrClNO. The van der Waals surface area contributed by atoms with Crippen LogP contribution in [0.4, 0.5) is 0 Å². The third-order valence-corrected chi connectivity index (χ3v) is 3.27. The van der Waals surface area contributed by atoms with Crippen molar-refractivity contribution in [3.8, 4) is 5.75 Å². The maximum Gasteiger partial charge on any atom is 0.139 e. The van der Waals surface area contributed by atoms with E-state index in [4.69, 9.17) is 16.3 Å². The number of benzene rings is 1. The predicted octanol–water partition coefficient (Wildman–Crippen LogP) is 4.26. The van der Waals surface area contributed by atoms with E-state index in [-0.39, 0.29) is 0 Å². The molecule has 0 heterocycles. The summed E-state index contributed by atoms with van der Waals surface area (Å²) in [7, 11) is 0. The Kier molecular flexibility index (Phi) is 6.93. The quantitative estimate of drug-likeness (QED) is 0.758. The maximum absolute atomic E-state index is 6.02. The number of rotatable bonds is 7. The van der Waals surface area contributed by atoms with Gasteiger partial charge in [0, 0.05) is 17.1 Å². The standard InChI is InChI=1S/C13H19BrClNO/c1-3-4-10(2)16-7-8-17-13-9-11(14)5-6-12(13)15/h5-6,9-10,16H,3-4,7-8H2,1-2H3. The molecule has 1 N–H and O–H groups in total. The Morgan fingerprint density at radius 2 is 2.24 bits per heavy atom. The Bertz CT molecular complexity index is 346. The summed E-state index contributed by atoms with van der Waals surface area (Å²) in [6.07, 6.45) is 2.39. The van der Waals surface area contributed by atoms with E-state index < -0.39 is 0 Å². The van der Waals surface area contributed by atoms with Crippen molar-refractivity contribution in [3.05, 3.63) is 27.7 Å². The second-order valence-electron chi connectivity index (χ2n) is 4.07. The number of ether oxygens (including phenoxy) is 1. The molecule has 96 valence electrons. The monoisotopic (exact) mass is 319 g/mol. The van der Waals surface area contributed by atoms with Crippen molar-refractivity contribution >= 4 is 27.5 Å². The molecule has 0 fully saturated rings. The lowest BCUT2D eigenvalue weighted by Crippen LogP contribution is -2.29. The van der Waals surface area contributed by atoms with E-state index in [1.165, 1.54) is 12.8 Å². The fourth-order valence-corrected chi connectivity index (χ4v) is 2.10. The zero-order valence-corrected chi connectivity index (χ0v) is 12.6. The summed E-state index contributed by atoms with van der Waals surface area (Å²) in [5.41, 5.74) is 0. The van der Waals surface area contributed by atoms with Gasteiger partial charge < -0.3 is 10.1 Å². The van der Waals surface area contributed by atoms with E-state index in [1.807, 2.05) is 18.2 Å². The first-order valence-electron chi connectivity index (χ1n) is 5.94. The highest BCUT2D eigenvalue weighted by Gasteiger charge is 2.03. The average molecular weight is 321 g/mol. The van der Waals surface area contributed by atoms with Gasteiger partial charge in [-0.05, 0) is 31.5 Å². The molecule has 1 aromatic rings. The van der Waals surface area contributed by atoms with Gasteiger partial charge in [-0.2, -0.15) is 0 Å². The number of nitrogens with one attached hydrogen (secondary N) is 1. The van der Waals surface area contributed by atoms with E-state index in [0.29, 0.717) is 17.7 Å². The molecule has 1 aromatic carbocycles. The Labute approximate surface area is 117 Å². The van der Waals surface area contributed by atoms with Crippen LogP contribution in [0.25, 0.3) is 0 Å². The largest absolute Gasteiger partial charge is 0.491 e. The van der Waals surface area contributed by atoms with Gasteiger partial charge >= 0.3 is 0 Å². The van der Waals surface area contributed by atoms with Crippen LogP contribution in [-0.2, 0) is 0 Å². The third kappa shape index (κ3) is 5.75. The normalized spacial score (nSPS) is 12.5. The van der Waals surface area contributed by atoms with Gasteiger partial charge in [0.25, 0.3) is 0 Å². The van der Waals surface area contributed by atoms with Crippen molar-refractivity contribution in [1.82, 2.24) is 5.32 Å². The topological polar surface area (TPSA) is 21.3 Å². The Morgan fingerprint density at radius 3 is 2.94 bits per heavy atom. The minimum absolute atomic E-state index is 0.543. The molecule has 0 aliphatic heterocycles. The highest BCUT2D eigenvalue weighted by molar-refractivity contribution is 9.10. The number of halogens is 2. The molecule has 0 aliphatic rings. The van der Waals surface area contributed by atoms with Crippen molar-refractivity contribution in [3.63, 3.8) is 0 Å². The summed E-state index contributed by atoms with van der Waals surface area (Å²) in [4.78, 5) is 0. The molecule has 0 aromatic heterocycles. The zero-order valence-electron chi connectivity index (χ0n) is 10.3. The van der Waals surface area contributed by atoms with Crippen LogP contribution in [0.5, 0.6) is 5.75 Å². The van der Waals surface area contributed by atoms with Crippen LogP contribution in [0.1, 0.15) is 26.7 Å². The molecule has 0 saturated heterocycles. The Morgan fingerprint density at radius 1 is 1.47 bits per heavy atom. The molecule has 0 radical (unpaired) electrons. The smallest absolute Gasteiger partial charge is 0.139 e. The second kappa shape index (κ2) is 7.96. The first kappa shape index (κ1) is 14.8. The van der Waals surface area contributed by atoms with Gasteiger partial charge in [0.15, 0.2) is 0 Å². The van der Waals surface area contributed by atoms with Crippen LogP contribution in [0.2, 0.25) is 5.02 Å². The third-order valence-electron chi connectivity index (χ3n) is 2.47. The molecular weight excluding hydrogens is 302 g/mol. The van der Waals surface area contributed by atoms with Crippen molar-refractivity contribution < 1.29 is 4.74 Å². The minimum atomic E-state index is 0.543. The minimum Gasteiger partial charge on any atom is -0.491 e. The Balaban J connectivity index is 2.28. The molecule has 2 nitrogen and oxygen atoms in total. The molecule has 0 saturated carbocycles. The average Bonchev–Trinajstić information content (AvgIpc) is 2.29. The summed E-state index contributed by atoms with van der Waals surface area (Å²) in [5, 5.41) is 4.06. The second-order valence-corrected chi connectivity index (χ2v) is 5.39. The van der Waals surface area contributed by atoms with Crippen LogP contribution in [-0.4, -0.2) is 19.2 Å². The highest BCUT2D eigenvalue weighted by atomic mass is 79.9. The van der Waals surface area contributed by atoms with Crippen molar-refractivity contribution in [2.75, 3.05) is 13.2 Å². The molecule has 1 atom stereocenters. The van der Waals surface area contributed by atoms with Crippen LogP contribution in [0.15, 0.2) is 22.7 Å². The number of hydrogen-bond donors (Lipinski definition) is 1. The number of hydrogen-bond acceptors (Lipinski definition) is 2. The first-order valence-corrected chi connectivity index (χ1v) is 7.11. The van der Waals surface area contributed by atoms with Crippen molar-refractivity contribution in [2.24, 2.45) is 0 Å². The van der Waals surface area contributed by atoms with E-state index in [1.54, 1.807) is 0 Å². The van der Waals surface area contributed by atoms with Crippen LogP contribution in [0, 0.1) is 0 Å². The fourth-order valence-electron chi connectivity index (χ4n) is 1.59. The van der Waals surface area contributed by atoms with E-state index in [9.17, 15) is 0 Å². The zero-order chi connectivity index (χ0) is 12.7. The summed E-state index contributed by atoms with van der Waals surface area (Å²) >= 11 is 9.42. The van der Waals surface area contributed by atoms with Gasteiger partial charge in [-0.25, -0.2) is 0 Å². The lowest BCUT2D eigenvalue weighted by atomic mass is 10.2.